The van der Waals surface area contributed by atoms with E-state index in [1.165, 1.54) is 6.42 Å². The Kier molecular flexibility index (Phi) is 7.82. The second kappa shape index (κ2) is 9.11. The highest BCUT2D eigenvalue weighted by Gasteiger charge is 2.24. The van der Waals surface area contributed by atoms with Gasteiger partial charge in [-0.05, 0) is 50.9 Å². The highest BCUT2D eigenvalue weighted by Crippen LogP contribution is 2.23. The van der Waals surface area contributed by atoms with Crippen molar-refractivity contribution < 1.29 is 4.79 Å². The summed E-state index contributed by atoms with van der Waals surface area (Å²) in [6, 6.07) is 3.82. The fraction of sp³-hybridized carbons (Fsp3) is 0.500. The van der Waals surface area contributed by atoms with E-state index in [4.69, 9.17) is 0 Å². The minimum atomic E-state index is 0. The first-order valence-corrected chi connectivity index (χ1v) is 7.65. The van der Waals surface area contributed by atoms with Gasteiger partial charge in [0.2, 0.25) is 0 Å². The van der Waals surface area contributed by atoms with Gasteiger partial charge in [0.25, 0.3) is 5.91 Å². The number of hydrogen-bond acceptors (Lipinski definition) is 3. The van der Waals surface area contributed by atoms with Crippen LogP contribution in [0.3, 0.4) is 0 Å². The zero-order valence-electron chi connectivity index (χ0n) is 13.2. The first kappa shape index (κ1) is 19.7. The fourth-order valence-corrected chi connectivity index (χ4v) is 3.08. The Bertz CT molecular complexity index is 623. The summed E-state index contributed by atoms with van der Waals surface area (Å²) < 4.78 is 0. The lowest BCUT2D eigenvalue weighted by Gasteiger charge is -2.32. The van der Waals surface area contributed by atoms with Crippen LogP contribution in [0.5, 0.6) is 0 Å². The van der Waals surface area contributed by atoms with Crippen LogP contribution in [-0.4, -0.2) is 47.5 Å². The monoisotopic (exact) mass is 358 g/mol. The van der Waals surface area contributed by atoms with Gasteiger partial charge in [0.05, 0.1) is 5.56 Å². The van der Waals surface area contributed by atoms with Crippen molar-refractivity contribution in [2.24, 2.45) is 5.92 Å². The molecule has 0 radical (unpaired) electrons. The Hall–Kier alpha value is -1.30. The third-order valence-corrected chi connectivity index (χ3v) is 4.39. The number of rotatable bonds is 4. The van der Waals surface area contributed by atoms with Crippen LogP contribution in [0.4, 0.5) is 0 Å². The minimum Gasteiger partial charge on any atom is -0.345 e. The van der Waals surface area contributed by atoms with Gasteiger partial charge >= 0.3 is 0 Å². The van der Waals surface area contributed by atoms with E-state index in [-0.39, 0.29) is 30.7 Å². The van der Waals surface area contributed by atoms with Crippen molar-refractivity contribution in [1.29, 1.82) is 0 Å². The lowest BCUT2D eigenvalue weighted by molar-refractivity contribution is 0.0689. The van der Waals surface area contributed by atoms with Gasteiger partial charge in [-0.2, -0.15) is 0 Å². The number of amides is 1. The number of carbonyl (C=O) groups is 1. The molecule has 0 bridgehead atoms. The molecule has 5 nitrogen and oxygen atoms in total. The molecule has 0 atom stereocenters. The first-order chi connectivity index (χ1) is 10.3. The molecule has 0 aromatic carbocycles. The van der Waals surface area contributed by atoms with Crippen LogP contribution >= 0.6 is 24.8 Å². The molecule has 3 rings (SSSR count). The molecule has 0 saturated carbocycles. The summed E-state index contributed by atoms with van der Waals surface area (Å²) in [7, 11) is 1.99. The number of aromatic amines is 1. The molecule has 1 aliphatic rings. The van der Waals surface area contributed by atoms with E-state index in [1.54, 1.807) is 12.4 Å². The first-order valence-electron chi connectivity index (χ1n) is 7.65. The highest BCUT2D eigenvalue weighted by atomic mass is 35.5. The molecule has 7 heteroatoms. The van der Waals surface area contributed by atoms with Gasteiger partial charge in [-0.15, -0.1) is 24.8 Å². The van der Waals surface area contributed by atoms with E-state index >= 15 is 0 Å². The molecule has 1 aliphatic heterocycles. The second-order valence-corrected chi connectivity index (χ2v) is 5.73. The molecule has 2 aromatic heterocycles. The number of halogens is 2. The van der Waals surface area contributed by atoms with E-state index in [2.05, 4.69) is 15.3 Å². The number of H-pyrrole nitrogens is 1. The predicted octanol–water partition coefficient (Wildman–Crippen LogP) is 2.87. The molecular weight excluding hydrogens is 335 g/mol. The summed E-state index contributed by atoms with van der Waals surface area (Å²) in [5.41, 5.74) is 1.52. The average molecular weight is 359 g/mol. The van der Waals surface area contributed by atoms with Gasteiger partial charge < -0.3 is 15.2 Å². The molecule has 0 spiro atoms. The Morgan fingerprint density at radius 2 is 2.13 bits per heavy atom. The Balaban J connectivity index is 0.00000132. The predicted molar refractivity (Wildman–Crippen MR) is 97.8 cm³/mol. The number of likely N-dealkylation sites (tertiary alicyclic amines) is 1. The van der Waals surface area contributed by atoms with E-state index in [9.17, 15) is 4.79 Å². The number of nitrogens with zero attached hydrogens (tertiary/aromatic N) is 2. The van der Waals surface area contributed by atoms with E-state index in [1.807, 2.05) is 24.1 Å². The third kappa shape index (κ3) is 4.37. The summed E-state index contributed by atoms with van der Waals surface area (Å²) in [6.07, 6.45) is 6.94. The quantitative estimate of drug-likeness (QED) is 0.883. The van der Waals surface area contributed by atoms with E-state index in [0.717, 1.165) is 55.0 Å². The van der Waals surface area contributed by atoms with Crippen LogP contribution in [0.1, 0.15) is 29.6 Å². The molecule has 1 fully saturated rings. The number of piperidine rings is 1. The molecule has 1 saturated heterocycles. The van der Waals surface area contributed by atoms with E-state index in [0.29, 0.717) is 0 Å². The van der Waals surface area contributed by atoms with Gasteiger partial charge in [0.1, 0.15) is 5.65 Å². The normalized spacial score (nSPS) is 15.1. The van der Waals surface area contributed by atoms with Crippen molar-refractivity contribution >= 4 is 41.8 Å². The number of hydrogen-bond donors (Lipinski definition) is 2. The number of fused-ring (bicyclic) bond motifs is 1. The smallest absolute Gasteiger partial charge is 0.256 e. The second-order valence-electron chi connectivity index (χ2n) is 5.73. The Labute approximate surface area is 149 Å². The van der Waals surface area contributed by atoms with Crippen molar-refractivity contribution in [3.05, 3.63) is 30.1 Å². The van der Waals surface area contributed by atoms with Crippen LogP contribution in [0.2, 0.25) is 0 Å². The Morgan fingerprint density at radius 1 is 1.39 bits per heavy atom. The fourth-order valence-electron chi connectivity index (χ4n) is 3.08. The number of nitrogens with one attached hydrogen (secondary N) is 2. The highest BCUT2D eigenvalue weighted by molar-refractivity contribution is 6.05. The van der Waals surface area contributed by atoms with Crippen LogP contribution < -0.4 is 5.32 Å². The summed E-state index contributed by atoms with van der Waals surface area (Å²) in [5, 5.41) is 4.12. The van der Waals surface area contributed by atoms with Gasteiger partial charge in [-0.25, -0.2) is 4.98 Å². The van der Waals surface area contributed by atoms with Crippen molar-refractivity contribution in [2.75, 3.05) is 26.7 Å². The lowest BCUT2D eigenvalue weighted by atomic mass is 9.93. The molecule has 2 N–H and O–H groups in total. The van der Waals surface area contributed by atoms with Crippen molar-refractivity contribution in [1.82, 2.24) is 20.2 Å². The maximum atomic E-state index is 12.7. The number of carbonyl (C=O) groups excluding carboxylic acids is 1. The summed E-state index contributed by atoms with van der Waals surface area (Å²) >= 11 is 0. The molecule has 128 valence electrons. The van der Waals surface area contributed by atoms with Crippen molar-refractivity contribution in [3.8, 4) is 0 Å². The maximum absolute atomic E-state index is 12.7. The van der Waals surface area contributed by atoms with Gasteiger partial charge in [0, 0.05) is 30.9 Å². The zero-order valence-corrected chi connectivity index (χ0v) is 14.9. The average Bonchev–Trinajstić information content (AvgIpc) is 2.97. The molecule has 2 aromatic rings. The van der Waals surface area contributed by atoms with Crippen molar-refractivity contribution in [2.45, 2.75) is 19.3 Å². The van der Waals surface area contributed by atoms with Crippen LogP contribution in [0, 0.1) is 5.92 Å². The zero-order chi connectivity index (χ0) is 14.7. The van der Waals surface area contributed by atoms with Crippen LogP contribution in [0.15, 0.2) is 24.5 Å². The lowest BCUT2D eigenvalue weighted by Crippen LogP contribution is -2.38. The topological polar surface area (TPSA) is 61.0 Å². The maximum Gasteiger partial charge on any atom is 0.256 e. The molecule has 0 aliphatic carbocycles. The van der Waals surface area contributed by atoms with E-state index < -0.39 is 0 Å². The standard InChI is InChI=1S/C16H22N4O.2ClH/c1-17-8-4-12-5-9-20(10-6-12)16(21)14-11-19-15-13(14)3-2-7-18-15;;/h2-3,7,11-12,17H,4-6,8-10H2,1H3,(H,18,19);2*1H. The van der Waals surface area contributed by atoms with Crippen LogP contribution in [-0.2, 0) is 0 Å². The van der Waals surface area contributed by atoms with Crippen LogP contribution in [0.25, 0.3) is 11.0 Å². The third-order valence-electron chi connectivity index (χ3n) is 4.39. The molecule has 23 heavy (non-hydrogen) atoms. The number of aromatic nitrogens is 2. The molecule has 3 heterocycles. The number of pyridine rings is 1. The molecular formula is C16H24Cl2N4O. The summed E-state index contributed by atoms with van der Waals surface area (Å²) in [6.45, 7) is 2.78. The SMILES string of the molecule is CNCCC1CCN(C(=O)c2c[nH]c3ncccc23)CC1.Cl.Cl. The minimum absolute atomic E-state index is 0. The largest absolute Gasteiger partial charge is 0.345 e. The van der Waals surface area contributed by atoms with Gasteiger partial charge in [-0.1, -0.05) is 0 Å². The van der Waals surface area contributed by atoms with Gasteiger partial charge in [-0.3, -0.25) is 4.79 Å². The summed E-state index contributed by atoms with van der Waals surface area (Å²) in [5.74, 6) is 0.868. The van der Waals surface area contributed by atoms with Crippen molar-refractivity contribution in [3.63, 3.8) is 0 Å². The molecule has 1 amide bonds. The molecule has 0 unspecified atom stereocenters. The van der Waals surface area contributed by atoms with Gasteiger partial charge in [0.15, 0.2) is 0 Å². The Morgan fingerprint density at radius 3 is 2.83 bits per heavy atom. The summed E-state index contributed by atoms with van der Waals surface area (Å²) in [4.78, 5) is 22.0.